The third kappa shape index (κ3) is 2.22. The number of allylic oxidation sites excluding steroid dienone is 1. The number of fused-ring (bicyclic) bond motifs is 3. The van der Waals surface area contributed by atoms with Crippen molar-refractivity contribution in [3.8, 4) is 0 Å². The summed E-state index contributed by atoms with van der Waals surface area (Å²) in [7, 11) is 0. The van der Waals surface area contributed by atoms with E-state index in [1.807, 2.05) is 43.3 Å². The van der Waals surface area contributed by atoms with Gasteiger partial charge in [-0.2, -0.15) is 0 Å². The van der Waals surface area contributed by atoms with Crippen molar-refractivity contribution < 1.29 is 9.53 Å². The minimum atomic E-state index is -0.211. The van der Waals surface area contributed by atoms with Crippen molar-refractivity contribution in [2.45, 2.75) is 24.2 Å². The predicted molar refractivity (Wildman–Crippen MR) is 83.0 cm³/mol. The number of hydrogen-bond acceptors (Lipinski definition) is 3. The van der Waals surface area contributed by atoms with Crippen LogP contribution in [-0.2, 0) is 4.74 Å². The summed E-state index contributed by atoms with van der Waals surface area (Å²) in [6, 6.07) is 12.0. The highest BCUT2D eigenvalue weighted by Crippen LogP contribution is 2.40. The van der Waals surface area contributed by atoms with E-state index in [0.717, 1.165) is 15.7 Å². The molecule has 2 atom stereocenters. The van der Waals surface area contributed by atoms with Gasteiger partial charge in [0.05, 0.1) is 5.56 Å². The Kier molecular flexibility index (Phi) is 3.53. The quantitative estimate of drug-likeness (QED) is 0.593. The van der Waals surface area contributed by atoms with Gasteiger partial charge in [-0.3, -0.25) is 0 Å². The van der Waals surface area contributed by atoms with Crippen molar-refractivity contribution >= 4 is 28.5 Å². The van der Waals surface area contributed by atoms with Crippen LogP contribution < -0.4 is 0 Å². The SMILES string of the molecule is C/C=C\C(C)C1OC(=O)c2c(ccc3ccccc23)S1. The fourth-order valence-corrected chi connectivity index (χ4v) is 3.63. The highest BCUT2D eigenvalue weighted by atomic mass is 32.2. The highest BCUT2D eigenvalue weighted by Gasteiger charge is 2.31. The molecule has 0 spiro atoms. The number of ether oxygens (including phenoxy) is 1. The Bertz CT molecular complexity index is 690. The van der Waals surface area contributed by atoms with E-state index in [9.17, 15) is 4.79 Å². The molecule has 0 radical (unpaired) electrons. The van der Waals surface area contributed by atoms with Crippen LogP contribution in [-0.4, -0.2) is 11.4 Å². The van der Waals surface area contributed by atoms with Gasteiger partial charge in [0.15, 0.2) is 5.44 Å². The Morgan fingerprint density at radius 1 is 1.25 bits per heavy atom. The van der Waals surface area contributed by atoms with Gasteiger partial charge in [0, 0.05) is 10.8 Å². The fourth-order valence-electron chi connectivity index (χ4n) is 2.48. The lowest BCUT2D eigenvalue weighted by molar-refractivity contribution is 0.0396. The minimum absolute atomic E-state index is 0.146. The molecule has 20 heavy (non-hydrogen) atoms. The average molecular weight is 284 g/mol. The molecule has 0 bridgehead atoms. The zero-order valence-electron chi connectivity index (χ0n) is 11.5. The average Bonchev–Trinajstić information content (AvgIpc) is 2.46. The maximum absolute atomic E-state index is 12.4. The molecule has 1 heterocycles. The highest BCUT2D eigenvalue weighted by molar-refractivity contribution is 8.00. The second-order valence-corrected chi connectivity index (χ2v) is 6.08. The van der Waals surface area contributed by atoms with E-state index in [2.05, 4.69) is 19.1 Å². The Morgan fingerprint density at radius 2 is 2.05 bits per heavy atom. The molecule has 0 aromatic heterocycles. The molecular weight excluding hydrogens is 268 g/mol. The Hall–Kier alpha value is -1.74. The van der Waals surface area contributed by atoms with E-state index in [-0.39, 0.29) is 17.3 Å². The molecule has 102 valence electrons. The lowest BCUT2D eigenvalue weighted by Crippen LogP contribution is -2.25. The summed E-state index contributed by atoms with van der Waals surface area (Å²) in [6.45, 7) is 4.05. The largest absolute Gasteiger partial charge is 0.447 e. The normalized spacial score (nSPS) is 19.9. The van der Waals surface area contributed by atoms with E-state index in [0.29, 0.717) is 5.56 Å². The Morgan fingerprint density at radius 3 is 2.85 bits per heavy atom. The maximum Gasteiger partial charge on any atom is 0.341 e. The molecule has 2 aromatic rings. The standard InChI is InChI=1S/C17H16O2S/c1-3-6-11(2)17-19-16(18)15-13-8-5-4-7-12(13)9-10-14(15)20-17/h3-11,17H,1-2H3/b6-3-. The van der Waals surface area contributed by atoms with Gasteiger partial charge in [-0.1, -0.05) is 61.2 Å². The summed E-state index contributed by atoms with van der Waals surface area (Å²) in [5.74, 6) is -0.00882. The molecule has 2 aromatic carbocycles. The van der Waals surface area contributed by atoms with E-state index in [1.165, 1.54) is 0 Å². The van der Waals surface area contributed by atoms with Crippen molar-refractivity contribution in [2.75, 3.05) is 0 Å². The van der Waals surface area contributed by atoms with Crippen LogP contribution in [0.15, 0.2) is 53.4 Å². The van der Waals surface area contributed by atoms with Crippen molar-refractivity contribution in [3.05, 3.63) is 54.1 Å². The second-order valence-electron chi connectivity index (χ2n) is 4.94. The number of cyclic esters (lactones) is 1. The number of rotatable bonds is 2. The van der Waals surface area contributed by atoms with Crippen LogP contribution in [0.3, 0.4) is 0 Å². The molecule has 0 amide bonds. The number of carbonyl (C=O) groups excluding carboxylic acids is 1. The lowest BCUT2D eigenvalue weighted by atomic mass is 10.0. The van der Waals surface area contributed by atoms with Crippen molar-refractivity contribution in [2.24, 2.45) is 5.92 Å². The summed E-state index contributed by atoms with van der Waals surface area (Å²) < 4.78 is 5.61. The van der Waals surface area contributed by atoms with Crippen LogP contribution in [0.4, 0.5) is 0 Å². The molecule has 2 unspecified atom stereocenters. The molecular formula is C17H16O2S. The molecule has 0 N–H and O–H groups in total. The van der Waals surface area contributed by atoms with Crippen molar-refractivity contribution in [1.82, 2.24) is 0 Å². The number of benzene rings is 2. The van der Waals surface area contributed by atoms with Crippen LogP contribution in [0.5, 0.6) is 0 Å². The first-order valence-corrected chi connectivity index (χ1v) is 7.61. The monoisotopic (exact) mass is 284 g/mol. The van der Waals surface area contributed by atoms with Gasteiger partial charge in [-0.05, 0) is 23.8 Å². The van der Waals surface area contributed by atoms with Crippen LogP contribution in [0.2, 0.25) is 0 Å². The molecule has 0 aliphatic carbocycles. The first-order chi connectivity index (χ1) is 9.70. The van der Waals surface area contributed by atoms with Gasteiger partial charge in [0.25, 0.3) is 0 Å². The third-order valence-corrected chi connectivity index (χ3v) is 4.84. The summed E-state index contributed by atoms with van der Waals surface area (Å²) in [5.41, 5.74) is 0.560. The van der Waals surface area contributed by atoms with Gasteiger partial charge >= 0.3 is 5.97 Å². The summed E-state index contributed by atoms with van der Waals surface area (Å²) in [5, 5.41) is 2.04. The second kappa shape index (κ2) is 5.33. The number of esters is 1. The van der Waals surface area contributed by atoms with Gasteiger partial charge in [-0.15, -0.1) is 0 Å². The van der Waals surface area contributed by atoms with Gasteiger partial charge in [0.1, 0.15) is 0 Å². The van der Waals surface area contributed by atoms with Crippen molar-refractivity contribution in [1.29, 1.82) is 0 Å². The summed E-state index contributed by atoms with van der Waals surface area (Å²) in [6.07, 6.45) is 4.06. The topological polar surface area (TPSA) is 26.3 Å². The lowest BCUT2D eigenvalue weighted by Gasteiger charge is -2.27. The molecule has 0 fully saturated rings. The van der Waals surface area contributed by atoms with Crippen LogP contribution in [0, 0.1) is 5.92 Å². The molecule has 2 nitrogen and oxygen atoms in total. The molecule has 3 rings (SSSR count). The maximum atomic E-state index is 12.4. The first-order valence-electron chi connectivity index (χ1n) is 6.73. The van der Waals surface area contributed by atoms with E-state index < -0.39 is 0 Å². The van der Waals surface area contributed by atoms with Crippen LogP contribution >= 0.6 is 11.8 Å². The van der Waals surface area contributed by atoms with E-state index >= 15 is 0 Å². The predicted octanol–water partition coefficient (Wildman–Crippen LogP) is 4.64. The molecule has 1 aliphatic heterocycles. The van der Waals surface area contributed by atoms with Gasteiger partial charge < -0.3 is 4.74 Å². The summed E-state index contributed by atoms with van der Waals surface area (Å²) >= 11 is 1.63. The van der Waals surface area contributed by atoms with Crippen LogP contribution in [0.1, 0.15) is 24.2 Å². The number of hydrogen-bond donors (Lipinski definition) is 0. The summed E-state index contributed by atoms with van der Waals surface area (Å²) in [4.78, 5) is 13.4. The minimum Gasteiger partial charge on any atom is -0.447 e. The zero-order chi connectivity index (χ0) is 14.1. The van der Waals surface area contributed by atoms with Gasteiger partial charge in [-0.25, -0.2) is 4.79 Å². The number of carbonyl (C=O) groups is 1. The van der Waals surface area contributed by atoms with Crippen molar-refractivity contribution in [3.63, 3.8) is 0 Å². The fraction of sp³-hybridized carbons (Fsp3) is 0.235. The molecule has 3 heteroatoms. The van der Waals surface area contributed by atoms with Gasteiger partial charge in [0.2, 0.25) is 0 Å². The Balaban J connectivity index is 2.06. The molecule has 0 saturated carbocycles. The first kappa shape index (κ1) is 13.3. The Labute approximate surface area is 122 Å². The number of thioether (sulfide) groups is 1. The third-order valence-electron chi connectivity index (χ3n) is 3.49. The smallest absolute Gasteiger partial charge is 0.341 e. The molecule has 1 aliphatic rings. The van der Waals surface area contributed by atoms with E-state index in [1.54, 1.807) is 11.8 Å². The van der Waals surface area contributed by atoms with Crippen LogP contribution in [0.25, 0.3) is 10.8 Å². The molecule has 0 saturated heterocycles. The zero-order valence-corrected chi connectivity index (χ0v) is 12.3. The van der Waals surface area contributed by atoms with E-state index in [4.69, 9.17) is 4.74 Å².